The van der Waals surface area contributed by atoms with Gasteiger partial charge < -0.3 is 14.4 Å². The van der Waals surface area contributed by atoms with Gasteiger partial charge in [0.1, 0.15) is 11.5 Å². The fourth-order valence-electron chi connectivity index (χ4n) is 4.17. The third-order valence-corrected chi connectivity index (χ3v) is 7.15. The Morgan fingerprint density at radius 1 is 1.00 bits per heavy atom. The lowest BCUT2D eigenvalue weighted by atomic mass is 9.77. The zero-order chi connectivity index (χ0) is 23.6. The lowest BCUT2D eigenvalue weighted by Crippen LogP contribution is -2.20. The summed E-state index contributed by atoms with van der Waals surface area (Å²) in [4.78, 5) is 9.52. The Kier molecular flexibility index (Phi) is 10.4. The van der Waals surface area contributed by atoms with E-state index in [2.05, 4.69) is 12.1 Å². The average molecular weight is 479 g/mol. The Balaban J connectivity index is 0.000000942. The molecule has 0 aromatic heterocycles. The maximum atomic E-state index is 13.5. The second-order valence-electron chi connectivity index (χ2n) is 9.16. The van der Waals surface area contributed by atoms with Crippen molar-refractivity contribution in [1.29, 1.82) is 0 Å². The number of rotatable bonds is 9. The van der Waals surface area contributed by atoms with E-state index in [1.165, 1.54) is 30.9 Å². The molecule has 1 N–H and O–H groups in total. The van der Waals surface area contributed by atoms with Crippen LogP contribution in [-0.4, -0.2) is 31.4 Å². The van der Waals surface area contributed by atoms with Gasteiger partial charge >= 0.3 is 0 Å². The minimum absolute atomic E-state index is 0.131. The molecule has 0 saturated heterocycles. The summed E-state index contributed by atoms with van der Waals surface area (Å²) in [6, 6.07) is 13.0. The molecule has 1 unspecified atom stereocenters. The Labute approximate surface area is 198 Å². The van der Waals surface area contributed by atoms with Crippen molar-refractivity contribution in [2.75, 3.05) is 26.5 Å². The van der Waals surface area contributed by atoms with Crippen molar-refractivity contribution in [2.45, 2.75) is 63.7 Å². The van der Waals surface area contributed by atoms with Crippen LogP contribution in [0.1, 0.15) is 74.0 Å². The van der Waals surface area contributed by atoms with Gasteiger partial charge in [-0.2, -0.15) is 0 Å². The molecule has 2 aliphatic carbocycles. The summed E-state index contributed by atoms with van der Waals surface area (Å²) in [5.74, 6) is 2.08. The van der Waals surface area contributed by atoms with Crippen LogP contribution in [0, 0.1) is 5.92 Å². The highest BCUT2D eigenvalue weighted by Gasteiger charge is 2.27. The van der Waals surface area contributed by atoms with E-state index in [1.807, 2.05) is 18.8 Å². The fraction of sp³-hybridized carbons (Fsp3) is 0.556. The van der Waals surface area contributed by atoms with Gasteiger partial charge in [0, 0.05) is 13.7 Å². The smallest absolute Gasteiger partial charge is 0.264 e. The highest BCUT2D eigenvalue weighted by molar-refractivity contribution is 7.50. The van der Waals surface area contributed by atoms with Crippen LogP contribution in [0.3, 0.4) is 0 Å². The third-order valence-electron chi connectivity index (χ3n) is 6.28. The van der Waals surface area contributed by atoms with Gasteiger partial charge in [0.25, 0.3) is 6.43 Å². The van der Waals surface area contributed by atoms with Crippen LogP contribution in [0.4, 0.5) is 8.78 Å². The van der Waals surface area contributed by atoms with Crippen LogP contribution >= 0.6 is 8.15 Å². The highest BCUT2D eigenvalue weighted by atomic mass is 31.1. The summed E-state index contributed by atoms with van der Waals surface area (Å²) in [6.07, 6.45) is 7.40. The van der Waals surface area contributed by atoms with Crippen molar-refractivity contribution in [1.82, 2.24) is 0 Å². The largest absolute Gasteiger partial charge is 0.497 e. The summed E-state index contributed by atoms with van der Waals surface area (Å²) >= 11 is 0. The summed E-state index contributed by atoms with van der Waals surface area (Å²) in [5.41, 5.74) is 2.04. The first kappa shape index (κ1) is 25.9. The Hall–Kier alpha value is -1.71. The summed E-state index contributed by atoms with van der Waals surface area (Å²) in [7, 11) is 0.684. The fourth-order valence-corrected chi connectivity index (χ4v) is 4.75. The molecule has 4 rings (SSSR count). The molecule has 2 saturated carbocycles. The van der Waals surface area contributed by atoms with E-state index in [-0.39, 0.29) is 11.5 Å². The number of hydrogen-bond donors (Lipinski definition) is 1. The van der Waals surface area contributed by atoms with Crippen LogP contribution in [0.25, 0.3) is 0 Å². The van der Waals surface area contributed by atoms with Gasteiger partial charge in [0.15, 0.2) is 0 Å². The van der Waals surface area contributed by atoms with Gasteiger partial charge in [-0.05, 0) is 98.2 Å². The van der Waals surface area contributed by atoms with Crippen molar-refractivity contribution >= 4 is 8.15 Å². The first-order valence-corrected chi connectivity index (χ1v) is 14.0. The number of benzene rings is 2. The normalized spacial score (nSPS) is 20.5. The molecule has 0 heterocycles. The van der Waals surface area contributed by atoms with Crippen molar-refractivity contribution in [3.63, 3.8) is 0 Å². The minimum atomic E-state index is -2.46. The second-order valence-corrected chi connectivity index (χ2v) is 10.9. The van der Waals surface area contributed by atoms with Crippen molar-refractivity contribution < 1.29 is 23.1 Å². The molecule has 182 valence electrons. The van der Waals surface area contributed by atoms with Gasteiger partial charge in [-0.25, -0.2) is 8.78 Å². The summed E-state index contributed by atoms with van der Waals surface area (Å²) < 4.78 is 38.2. The Bertz CT molecular complexity index is 846. The van der Waals surface area contributed by atoms with Gasteiger partial charge in [-0.15, -0.1) is 0 Å². The number of alkyl halides is 2. The standard InChI is InChI=1S/C24H31F2O3P.C3H6/c1-28-20-10-11-22(24(25)26)23(15-20)19-8-6-18(7-9-19)16-29-21-5-3-4-17(14-21)12-13-30(2)27;1-2-3-1/h3-5,10-11,14-15,18-19,24,27H,6-9,12-13,16H2,1-2H3;1-3H2. The van der Waals surface area contributed by atoms with E-state index >= 15 is 0 Å². The molecule has 0 radical (unpaired) electrons. The molecular weight excluding hydrogens is 441 g/mol. The average Bonchev–Trinajstić information content (AvgIpc) is 3.71. The zero-order valence-electron chi connectivity index (χ0n) is 19.8. The quantitative estimate of drug-likeness (QED) is 0.375. The number of hydrogen-bond acceptors (Lipinski definition) is 3. The van der Waals surface area contributed by atoms with Gasteiger partial charge in [-0.1, -0.05) is 31.4 Å². The van der Waals surface area contributed by atoms with Crippen molar-refractivity contribution in [3.05, 3.63) is 59.2 Å². The Morgan fingerprint density at radius 2 is 1.73 bits per heavy atom. The molecule has 0 amide bonds. The van der Waals surface area contributed by atoms with E-state index in [0.29, 0.717) is 18.3 Å². The van der Waals surface area contributed by atoms with E-state index in [0.717, 1.165) is 49.6 Å². The lowest BCUT2D eigenvalue weighted by Gasteiger charge is -2.30. The molecule has 0 bridgehead atoms. The van der Waals surface area contributed by atoms with Crippen LogP contribution in [0.2, 0.25) is 0 Å². The Morgan fingerprint density at radius 3 is 2.33 bits per heavy atom. The van der Waals surface area contributed by atoms with E-state index in [4.69, 9.17) is 9.47 Å². The maximum absolute atomic E-state index is 13.5. The lowest BCUT2D eigenvalue weighted by molar-refractivity contribution is 0.148. The number of halogens is 2. The number of aryl methyl sites for hydroxylation is 1. The van der Waals surface area contributed by atoms with Crippen LogP contribution in [0.15, 0.2) is 42.5 Å². The van der Waals surface area contributed by atoms with E-state index in [1.54, 1.807) is 19.2 Å². The summed E-state index contributed by atoms with van der Waals surface area (Å²) in [5, 5.41) is 0. The van der Waals surface area contributed by atoms with Gasteiger partial charge in [0.2, 0.25) is 0 Å². The van der Waals surface area contributed by atoms with Gasteiger partial charge in [-0.3, -0.25) is 0 Å². The molecule has 0 aliphatic heterocycles. The van der Waals surface area contributed by atoms with Crippen molar-refractivity contribution in [2.24, 2.45) is 5.92 Å². The molecule has 2 aliphatic rings. The van der Waals surface area contributed by atoms with E-state index in [9.17, 15) is 13.7 Å². The van der Waals surface area contributed by atoms with Gasteiger partial charge in [0.05, 0.1) is 13.7 Å². The number of methoxy groups -OCH3 is 1. The maximum Gasteiger partial charge on any atom is 0.264 e. The van der Waals surface area contributed by atoms with Crippen LogP contribution in [-0.2, 0) is 6.42 Å². The predicted molar refractivity (Wildman–Crippen MR) is 132 cm³/mol. The number of ether oxygens (including phenoxy) is 2. The van der Waals surface area contributed by atoms with E-state index < -0.39 is 14.6 Å². The highest BCUT2D eigenvalue weighted by Crippen LogP contribution is 2.41. The molecule has 33 heavy (non-hydrogen) atoms. The van der Waals surface area contributed by atoms with Crippen LogP contribution in [0.5, 0.6) is 11.5 Å². The second kappa shape index (κ2) is 13.2. The molecule has 2 fully saturated rings. The topological polar surface area (TPSA) is 38.7 Å². The molecule has 1 atom stereocenters. The molecule has 2 aromatic carbocycles. The molecule has 2 aromatic rings. The molecular formula is C27H37F2O3P. The molecule has 3 nitrogen and oxygen atoms in total. The minimum Gasteiger partial charge on any atom is -0.497 e. The SMILES string of the molecule is C1CC1.COc1ccc(C(F)F)c(C2CCC(COc3cccc(CCP(C)O)c3)CC2)c1. The molecule has 6 heteroatoms. The molecule has 0 spiro atoms. The van der Waals surface area contributed by atoms with Crippen LogP contribution < -0.4 is 9.47 Å². The predicted octanol–water partition coefficient (Wildman–Crippen LogP) is 7.72. The third kappa shape index (κ3) is 8.87. The first-order chi connectivity index (χ1) is 16.0. The monoisotopic (exact) mass is 478 g/mol. The zero-order valence-corrected chi connectivity index (χ0v) is 20.7. The summed E-state index contributed by atoms with van der Waals surface area (Å²) in [6.45, 7) is 2.51. The first-order valence-electron chi connectivity index (χ1n) is 12.0. The van der Waals surface area contributed by atoms with Crippen molar-refractivity contribution in [3.8, 4) is 11.5 Å².